The van der Waals surface area contributed by atoms with E-state index in [0.29, 0.717) is 0 Å². The molecule has 2 rings (SSSR count). The fraction of sp³-hybridized carbons (Fsp3) is 0.308. The summed E-state index contributed by atoms with van der Waals surface area (Å²) in [5.41, 5.74) is 1.15. The number of thioether (sulfide) groups is 1. The van der Waals surface area contributed by atoms with Crippen molar-refractivity contribution in [3.05, 3.63) is 45.5 Å². The van der Waals surface area contributed by atoms with Crippen LogP contribution in [0.5, 0.6) is 0 Å². The van der Waals surface area contributed by atoms with E-state index in [1.165, 1.54) is 9.78 Å². The molecule has 0 radical (unpaired) electrons. The van der Waals surface area contributed by atoms with E-state index in [9.17, 15) is 4.79 Å². The van der Waals surface area contributed by atoms with Gasteiger partial charge in [-0.3, -0.25) is 0 Å². The average Bonchev–Trinajstić information content (AvgIpc) is 2.83. The summed E-state index contributed by atoms with van der Waals surface area (Å²) >= 11 is 3.41. The molecule has 1 aliphatic rings. The summed E-state index contributed by atoms with van der Waals surface area (Å²) in [6.07, 6.45) is 4.19. The largest absolute Gasteiger partial charge is 0.302 e. The fourth-order valence-corrected chi connectivity index (χ4v) is 4.08. The van der Waals surface area contributed by atoms with Gasteiger partial charge in [-0.15, -0.1) is 23.1 Å². The van der Waals surface area contributed by atoms with Gasteiger partial charge in [0.15, 0.2) is 0 Å². The maximum absolute atomic E-state index is 11.1. The van der Waals surface area contributed by atoms with Crippen LogP contribution >= 0.6 is 23.1 Å². The SMILES string of the molecule is C=C(C)CC1=CC(c2cccs2)C(C=O)S1. The standard InChI is InChI=1S/C13H14OS2/c1-9(2)6-10-7-11(13(8-14)16-10)12-4-3-5-15-12/h3-5,7-8,11,13H,1,6H2,2H3. The van der Waals surface area contributed by atoms with Crippen molar-refractivity contribution < 1.29 is 4.79 Å². The molecule has 3 heteroatoms. The molecule has 0 saturated heterocycles. The third-order valence-electron chi connectivity index (χ3n) is 2.49. The Morgan fingerprint density at radius 1 is 1.62 bits per heavy atom. The molecule has 1 aromatic rings. The van der Waals surface area contributed by atoms with Crippen LogP contribution in [0, 0.1) is 0 Å². The molecule has 2 heterocycles. The smallest absolute Gasteiger partial charge is 0.134 e. The highest BCUT2D eigenvalue weighted by atomic mass is 32.2. The molecule has 0 aliphatic carbocycles. The first-order valence-corrected chi connectivity index (χ1v) is 6.97. The number of aldehydes is 1. The highest BCUT2D eigenvalue weighted by molar-refractivity contribution is 8.04. The van der Waals surface area contributed by atoms with Gasteiger partial charge in [0.25, 0.3) is 0 Å². The lowest BCUT2D eigenvalue weighted by atomic mass is 10.0. The Morgan fingerprint density at radius 2 is 2.44 bits per heavy atom. The van der Waals surface area contributed by atoms with Gasteiger partial charge in [0.05, 0.1) is 5.25 Å². The number of allylic oxidation sites excluding steroid dienone is 3. The Bertz CT molecular complexity index is 417. The maximum atomic E-state index is 11.1. The average molecular weight is 250 g/mol. The van der Waals surface area contributed by atoms with Crippen LogP contribution in [-0.2, 0) is 4.79 Å². The normalized spacial score (nSPS) is 24.2. The van der Waals surface area contributed by atoms with E-state index in [1.807, 2.05) is 13.0 Å². The summed E-state index contributed by atoms with van der Waals surface area (Å²) in [5, 5.41) is 2.11. The third kappa shape index (κ3) is 2.47. The van der Waals surface area contributed by atoms with Crippen LogP contribution < -0.4 is 0 Å². The number of rotatable bonds is 4. The van der Waals surface area contributed by atoms with Crippen molar-refractivity contribution in [2.45, 2.75) is 24.5 Å². The first kappa shape index (κ1) is 11.7. The van der Waals surface area contributed by atoms with Crippen LogP contribution in [0.2, 0.25) is 0 Å². The second-order valence-electron chi connectivity index (χ2n) is 4.03. The van der Waals surface area contributed by atoms with E-state index >= 15 is 0 Å². The lowest BCUT2D eigenvalue weighted by Gasteiger charge is -2.09. The van der Waals surface area contributed by atoms with Gasteiger partial charge < -0.3 is 4.79 Å². The zero-order valence-electron chi connectivity index (χ0n) is 9.18. The molecule has 1 nitrogen and oxygen atoms in total. The molecule has 0 spiro atoms. The molecule has 0 fully saturated rings. The minimum Gasteiger partial charge on any atom is -0.302 e. The number of carbonyl (C=O) groups excluding carboxylic acids is 1. The highest BCUT2D eigenvalue weighted by Crippen LogP contribution is 2.44. The molecule has 1 aromatic heterocycles. The van der Waals surface area contributed by atoms with Crippen LogP contribution in [0.15, 0.2) is 40.6 Å². The number of thiophene rings is 1. The topological polar surface area (TPSA) is 17.1 Å². The Morgan fingerprint density at radius 3 is 3.00 bits per heavy atom. The summed E-state index contributed by atoms with van der Waals surface area (Å²) in [4.78, 5) is 13.6. The Hall–Kier alpha value is -0.800. The molecule has 0 N–H and O–H groups in total. The summed E-state index contributed by atoms with van der Waals surface area (Å²) in [6.45, 7) is 5.94. The van der Waals surface area contributed by atoms with Gasteiger partial charge in [0, 0.05) is 10.8 Å². The van der Waals surface area contributed by atoms with E-state index in [-0.39, 0.29) is 11.2 Å². The molecule has 0 aromatic carbocycles. The summed E-state index contributed by atoms with van der Waals surface area (Å²) in [5.74, 6) is 0.261. The molecular weight excluding hydrogens is 236 g/mol. The van der Waals surface area contributed by atoms with Crippen molar-refractivity contribution in [3.63, 3.8) is 0 Å². The lowest BCUT2D eigenvalue weighted by Crippen LogP contribution is -2.09. The summed E-state index contributed by atoms with van der Waals surface area (Å²) in [6, 6.07) is 4.14. The predicted octanol–water partition coefficient (Wildman–Crippen LogP) is 4.00. The van der Waals surface area contributed by atoms with Crippen molar-refractivity contribution >= 4 is 29.4 Å². The van der Waals surface area contributed by atoms with Crippen molar-refractivity contribution in [2.24, 2.45) is 0 Å². The maximum Gasteiger partial charge on any atom is 0.134 e. The monoisotopic (exact) mass is 250 g/mol. The highest BCUT2D eigenvalue weighted by Gasteiger charge is 2.29. The minimum absolute atomic E-state index is 0.0491. The minimum atomic E-state index is 0.0491. The van der Waals surface area contributed by atoms with Gasteiger partial charge in [-0.05, 0) is 29.7 Å². The van der Waals surface area contributed by atoms with Gasteiger partial charge in [-0.1, -0.05) is 24.3 Å². The van der Waals surface area contributed by atoms with Crippen LogP contribution in [0.3, 0.4) is 0 Å². The second-order valence-corrected chi connectivity index (χ2v) is 6.31. The Labute approximate surface area is 104 Å². The lowest BCUT2D eigenvalue weighted by molar-refractivity contribution is -0.107. The van der Waals surface area contributed by atoms with E-state index < -0.39 is 0 Å². The van der Waals surface area contributed by atoms with Crippen molar-refractivity contribution in [1.29, 1.82) is 0 Å². The quantitative estimate of drug-likeness (QED) is 0.593. The predicted molar refractivity (Wildman–Crippen MR) is 72.0 cm³/mol. The Balaban J connectivity index is 2.19. The number of carbonyl (C=O) groups is 1. The fourth-order valence-electron chi connectivity index (χ4n) is 1.82. The van der Waals surface area contributed by atoms with Crippen LogP contribution in [-0.4, -0.2) is 11.5 Å². The molecule has 0 bridgehead atoms. The number of hydrogen-bond donors (Lipinski definition) is 0. The van der Waals surface area contributed by atoms with E-state index in [4.69, 9.17) is 0 Å². The first-order chi connectivity index (χ1) is 7.70. The third-order valence-corrected chi connectivity index (χ3v) is 4.72. The van der Waals surface area contributed by atoms with Crippen LogP contribution in [0.4, 0.5) is 0 Å². The van der Waals surface area contributed by atoms with Gasteiger partial charge in [-0.2, -0.15) is 0 Å². The number of hydrogen-bond acceptors (Lipinski definition) is 3. The zero-order chi connectivity index (χ0) is 11.5. The van der Waals surface area contributed by atoms with E-state index in [1.54, 1.807) is 23.1 Å². The van der Waals surface area contributed by atoms with Gasteiger partial charge in [0.1, 0.15) is 6.29 Å². The van der Waals surface area contributed by atoms with Crippen molar-refractivity contribution in [3.8, 4) is 0 Å². The first-order valence-electron chi connectivity index (χ1n) is 5.21. The van der Waals surface area contributed by atoms with Crippen molar-refractivity contribution in [2.75, 3.05) is 0 Å². The second kappa shape index (κ2) is 5.02. The molecule has 1 aliphatic heterocycles. The van der Waals surface area contributed by atoms with Gasteiger partial charge >= 0.3 is 0 Å². The molecule has 0 amide bonds. The summed E-state index contributed by atoms with van der Waals surface area (Å²) < 4.78 is 0. The molecule has 2 atom stereocenters. The van der Waals surface area contributed by atoms with Crippen LogP contribution in [0.1, 0.15) is 24.1 Å². The molecule has 16 heavy (non-hydrogen) atoms. The van der Waals surface area contributed by atoms with Crippen molar-refractivity contribution in [1.82, 2.24) is 0 Å². The zero-order valence-corrected chi connectivity index (χ0v) is 10.8. The van der Waals surface area contributed by atoms with E-state index in [2.05, 4.69) is 24.1 Å². The van der Waals surface area contributed by atoms with Gasteiger partial charge in [0.2, 0.25) is 0 Å². The molecule has 0 saturated carbocycles. The Kier molecular flexibility index (Phi) is 3.66. The summed E-state index contributed by atoms with van der Waals surface area (Å²) in [7, 11) is 0. The molecule has 84 valence electrons. The van der Waals surface area contributed by atoms with Crippen LogP contribution in [0.25, 0.3) is 0 Å². The molecule has 2 unspecified atom stereocenters. The van der Waals surface area contributed by atoms with Gasteiger partial charge in [-0.25, -0.2) is 0 Å². The molecular formula is C13H14OS2. The van der Waals surface area contributed by atoms with E-state index in [0.717, 1.165) is 18.3 Å².